The van der Waals surface area contributed by atoms with Crippen LogP contribution in [-0.2, 0) is 36.1 Å². The van der Waals surface area contributed by atoms with Crippen molar-refractivity contribution < 1.29 is 31.2 Å². The molecule has 0 radical (unpaired) electrons. The van der Waals surface area contributed by atoms with E-state index in [1.165, 1.54) is 58.4 Å². The summed E-state index contributed by atoms with van der Waals surface area (Å²) in [5.41, 5.74) is 0.615. The fraction of sp³-hybridized carbons (Fsp3) is 0.348. The number of nitrogens with zero attached hydrogens (tertiary/aromatic N) is 3. The Labute approximate surface area is 218 Å². The zero-order valence-corrected chi connectivity index (χ0v) is 22.6. The Morgan fingerprint density at radius 1 is 1.08 bits per heavy atom. The zero-order chi connectivity index (χ0) is 27.0. The Hall–Kier alpha value is -2.91. The number of thiazole rings is 1. The Kier molecular flexibility index (Phi) is 7.67. The van der Waals surface area contributed by atoms with E-state index in [0.717, 1.165) is 30.6 Å². The third-order valence-electron chi connectivity index (χ3n) is 6.14. The molecule has 1 amide bonds. The second kappa shape index (κ2) is 10.5. The molecule has 0 saturated carbocycles. The highest BCUT2D eigenvalue weighted by molar-refractivity contribution is 7.89. The lowest BCUT2D eigenvalue weighted by molar-refractivity contribution is -0.141. The normalized spacial score (nSPS) is 17.7. The van der Waals surface area contributed by atoms with Gasteiger partial charge in [0.2, 0.25) is 20.0 Å². The number of methoxy groups -OCH3 is 1. The van der Waals surface area contributed by atoms with Crippen molar-refractivity contribution in [2.45, 2.75) is 48.6 Å². The van der Waals surface area contributed by atoms with Crippen LogP contribution in [0.15, 0.2) is 57.2 Å². The topological polar surface area (TPSA) is 158 Å². The molecule has 1 saturated heterocycles. The minimum atomic E-state index is -3.96. The Balaban J connectivity index is 1.71. The largest absolute Gasteiger partial charge is 0.468 e. The second-order valence-corrected chi connectivity index (χ2v) is 13.1. The van der Waals surface area contributed by atoms with Crippen molar-refractivity contribution in [2.24, 2.45) is 10.1 Å². The fourth-order valence-corrected chi connectivity index (χ4v) is 7.53. The maximum Gasteiger partial charge on any atom is 0.325 e. The van der Waals surface area contributed by atoms with Gasteiger partial charge in [-0.05, 0) is 62.2 Å². The summed E-state index contributed by atoms with van der Waals surface area (Å²) < 4.78 is 57.7. The lowest BCUT2D eigenvalue weighted by atomic mass is 10.1. The van der Waals surface area contributed by atoms with Crippen molar-refractivity contribution in [2.75, 3.05) is 13.7 Å². The van der Waals surface area contributed by atoms with Gasteiger partial charge in [0.1, 0.15) is 6.54 Å². The van der Waals surface area contributed by atoms with Crippen molar-refractivity contribution in [3.8, 4) is 0 Å². The molecule has 1 fully saturated rings. The summed E-state index contributed by atoms with van der Waals surface area (Å²) in [6, 6.07) is 9.56. The Bertz CT molecular complexity index is 1640. The SMILES string of the molecule is COC(=O)Cn1c(=NC(=O)c2ccc(S(=O)(=O)N3CCCC[C@@H]3C)cc2)sc2cc(S(N)(=O)=O)ccc21. The molecular weight excluding hydrogens is 540 g/mol. The van der Waals surface area contributed by atoms with E-state index in [1.807, 2.05) is 6.92 Å². The number of hydrogen-bond acceptors (Lipinski definition) is 8. The molecule has 2 aromatic carbocycles. The van der Waals surface area contributed by atoms with Gasteiger partial charge < -0.3 is 9.30 Å². The molecule has 3 aromatic rings. The van der Waals surface area contributed by atoms with Crippen LogP contribution in [0, 0.1) is 0 Å². The number of nitrogens with two attached hydrogens (primary N) is 1. The third kappa shape index (κ3) is 5.67. The number of ether oxygens (including phenoxy) is 1. The van der Waals surface area contributed by atoms with E-state index in [4.69, 9.17) is 9.88 Å². The molecule has 14 heteroatoms. The van der Waals surface area contributed by atoms with Gasteiger partial charge in [0, 0.05) is 18.2 Å². The lowest BCUT2D eigenvalue weighted by Crippen LogP contribution is -2.41. The van der Waals surface area contributed by atoms with E-state index in [-0.39, 0.29) is 32.7 Å². The highest BCUT2D eigenvalue weighted by atomic mass is 32.2. The van der Waals surface area contributed by atoms with Gasteiger partial charge in [-0.2, -0.15) is 9.30 Å². The Morgan fingerprint density at radius 3 is 2.38 bits per heavy atom. The summed E-state index contributed by atoms with van der Waals surface area (Å²) in [5, 5.41) is 5.22. The number of aromatic nitrogens is 1. The van der Waals surface area contributed by atoms with Crippen LogP contribution in [-0.4, -0.2) is 57.3 Å². The molecule has 2 heterocycles. The number of hydrogen-bond donors (Lipinski definition) is 1. The van der Waals surface area contributed by atoms with E-state index in [1.54, 1.807) is 0 Å². The average molecular weight is 567 g/mol. The van der Waals surface area contributed by atoms with Crippen LogP contribution in [0.2, 0.25) is 0 Å². The van der Waals surface area contributed by atoms with Gasteiger partial charge in [0.05, 0.1) is 27.1 Å². The van der Waals surface area contributed by atoms with Crippen LogP contribution >= 0.6 is 11.3 Å². The highest BCUT2D eigenvalue weighted by Crippen LogP contribution is 2.26. The molecule has 11 nitrogen and oxygen atoms in total. The highest BCUT2D eigenvalue weighted by Gasteiger charge is 2.31. The minimum absolute atomic E-state index is 0.0935. The maximum absolute atomic E-state index is 13.1. The Morgan fingerprint density at radius 2 is 1.76 bits per heavy atom. The summed E-state index contributed by atoms with van der Waals surface area (Å²) in [6.07, 6.45) is 2.59. The van der Waals surface area contributed by atoms with Gasteiger partial charge in [-0.15, -0.1) is 0 Å². The van der Waals surface area contributed by atoms with Gasteiger partial charge in [-0.25, -0.2) is 22.0 Å². The minimum Gasteiger partial charge on any atom is -0.468 e. The molecule has 1 aliphatic heterocycles. The number of carbonyl (C=O) groups excluding carboxylic acids is 2. The molecule has 0 bridgehead atoms. The first-order chi connectivity index (χ1) is 17.4. The molecule has 1 aliphatic rings. The monoisotopic (exact) mass is 566 g/mol. The molecule has 198 valence electrons. The molecule has 1 aromatic heterocycles. The van der Waals surface area contributed by atoms with E-state index in [0.29, 0.717) is 16.8 Å². The molecule has 4 rings (SSSR count). The molecule has 0 unspecified atom stereocenters. The van der Waals surface area contributed by atoms with Gasteiger partial charge in [-0.1, -0.05) is 17.8 Å². The van der Waals surface area contributed by atoms with Crippen LogP contribution in [0.4, 0.5) is 0 Å². The van der Waals surface area contributed by atoms with E-state index in [9.17, 15) is 26.4 Å². The number of primary sulfonamides is 1. The average Bonchev–Trinajstić information content (AvgIpc) is 3.19. The van der Waals surface area contributed by atoms with Crippen LogP contribution in [0.3, 0.4) is 0 Å². The number of rotatable bonds is 6. The fourth-order valence-electron chi connectivity index (χ4n) is 4.15. The van der Waals surface area contributed by atoms with Gasteiger partial charge in [0.25, 0.3) is 5.91 Å². The first-order valence-electron chi connectivity index (χ1n) is 11.4. The van der Waals surface area contributed by atoms with Crippen molar-refractivity contribution in [1.29, 1.82) is 0 Å². The van der Waals surface area contributed by atoms with Crippen LogP contribution in [0.25, 0.3) is 10.2 Å². The van der Waals surface area contributed by atoms with Crippen molar-refractivity contribution in [3.63, 3.8) is 0 Å². The lowest BCUT2D eigenvalue weighted by Gasteiger charge is -2.32. The van der Waals surface area contributed by atoms with Crippen LogP contribution < -0.4 is 9.94 Å². The van der Waals surface area contributed by atoms with Gasteiger partial charge in [-0.3, -0.25) is 9.59 Å². The van der Waals surface area contributed by atoms with Gasteiger partial charge in [0.15, 0.2) is 4.80 Å². The first-order valence-corrected chi connectivity index (χ1v) is 15.2. The summed E-state index contributed by atoms with van der Waals surface area (Å²) in [7, 11) is -6.43. The number of amides is 1. The van der Waals surface area contributed by atoms with E-state index < -0.39 is 31.9 Å². The number of benzene rings is 2. The number of sulfonamides is 2. The maximum atomic E-state index is 13.1. The summed E-state index contributed by atoms with van der Waals surface area (Å²) >= 11 is 1.00. The summed E-state index contributed by atoms with van der Waals surface area (Å²) in [5.74, 6) is -1.25. The molecule has 1 atom stereocenters. The molecule has 2 N–H and O–H groups in total. The zero-order valence-electron chi connectivity index (χ0n) is 20.2. The molecule has 37 heavy (non-hydrogen) atoms. The third-order valence-corrected chi connectivity index (χ3v) is 10.1. The van der Waals surface area contributed by atoms with E-state index in [2.05, 4.69) is 4.99 Å². The van der Waals surface area contributed by atoms with Crippen LogP contribution in [0.1, 0.15) is 36.5 Å². The molecule has 0 spiro atoms. The summed E-state index contributed by atoms with van der Waals surface area (Å²) in [6.45, 7) is 2.08. The number of fused-ring (bicyclic) bond motifs is 1. The van der Waals surface area contributed by atoms with Gasteiger partial charge >= 0.3 is 5.97 Å². The molecule has 0 aliphatic carbocycles. The predicted molar refractivity (Wildman–Crippen MR) is 137 cm³/mol. The molecular formula is C23H26N4O7S3. The standard InChI is InChI=1S/C23H26N4O7S3/c1-15-5-3-4-12-27(15)37(32,33)17-8-6-16(7-9-17)22(29)25-23-26(14-21(28)34-2)19-11-10-18(36(24,30)31)13-20(19)35-23/h6-11,13,15H,3-5,12,14H2,1-2H3,(H2,24,30,31)/t15-/m0/s1. The van der Waals surface area contributed by atoms with Crippen molar-refractivity contribution in [1.82, 2.24) is 8.87 Å². The predicted octanol–water partition coefficient (Wildman–Crippen LogP) is 1.83. The van der Waals surface area contributed by atoms with Crippen LogP contribution in [0.5, 0.6) is 0 Å². The number of esters is 1. The second-order valence-electron chi connectivity index (χ2n) is 8.62. The van der Waals surface area contributed by atoms with E-state index >= 15 is 0 Å². The number of carbonyl (C=O) groups is 2. The van der Waals surface area contributed by atoms with Crippen molar-refractivity contribution in [3.05, 3.63) is 52.8 Å². The quantitative estimate of drug-likeness (QED) is 0.446. The first kappa shape index (κ1) is 27.1. The summed E-state index contributed by atoms with van der Waals surface area (Å²) in [4.78, 5) is 29.2. The smallest absolute Gasteiger partial charge is 0.325 e. The van der Waals surface area contributed by atoms with Crippen molar-refractivity contribution >= 4 is 53.5 Å². The number of piperidine rings is 1.